The molecule has 0 unspecified atom stereocenters. The van der Waals surface area contributed by atoms with Crippen LogP contribution >= 0.6 is 0 Å². The maximum Gasteiger partial charge on any atom is 0.313 e. The predicted octanol–water partition coefficient (Wildman–Crippen LogP) is 2.48. The first-order chi connectivity index (χ1) is 12.7. The molecule has 5 heteroatoms. The Hall–Kier alpha value is -2.50. The van der Waals surface area contributed by atoms with Crippen molar-refractivity contribution in [3.8, 4) is 0 Å². The third kappa shape index (κ3) is 7.17. The zero-order valence-electron chi connectivity index (χ0n) is 15.1. The number of ketones is 1. The Morgan fingerprint density at radius 3 is 2.00 bits per heavy atom. The molecule has 0 atom stereocenters. The molecule has 0 saturated heterocycles. The largest absolute Gasteiger partial charge is 0.464 e. The van der Waals surface area contributed by atoms with Gasteiger partial charge in [-0.05, 0) is 18.1 Å². The van der Waals surface area contributed by atoms with Gasteiger partial charge < -0.3 is 15.4 Å². The van der Waals surface area contributed by atoms with Gasteiger partial charge in [0.2, 0.25) is 0 Å². The van der Waals surface area contributed by atoms with Crippen LogP contribution < -0.4 is 10.6 Å². The second-order valence-corrected chi connectivity index (χ2v) is 6.06. The van der Waals surface area contributed by atoms with E-state index in [1.807, 2.05) is 36.4 Å². The van der Waals surface area contributed by atoms with E-state index >= 15 is 0 Å². The fourth-order valence-corrected chi connectivity index (χ4v) is 2.64. The first kappa shape index (κ1) is 19.8. The van der Waals surface area contributed by atoms with E-state index in [1.165, 1.54) is 18.1 Å². The minimum atomic E-state index is -0.467. The summed E-state index contributed by atoms with van der Waals surface area (Å²) in [6.45, 7) is 3.73. The number of hydrogen-bond donors (Lipinski definition) is 2. The molecule has 138 valence electrons. The second kappa shape index (κ2) is 11.2. The highest BCUT2D eigenvalue weighted by Crippen LogP contribution is 2.21. The summed E-state index contributed by atoms with van der Waals surface area (Å²) in [6, 6.07) is 20.8. The van der Waals surface area contributed by atoms with Crippen molar-refractivity contribution in [2.45, 2.75) is 19.4 Å². The number of benzene rings is 2. The normalized spacial score (nSPS) is 10.7. The molecule has 0 bridgehead atoms. The quantitative estimate of drug-likeness (QED) is 0.369. The Kier molecular flexibility index (Phi) is 8.52. The lowest BCUT2D eigenvalue weighted by Gasteiger charge is -2.20. The maximum atomic E-state index is 11.3. The topological polar surface area (TPSA) is 67.4 Å². The molecule has 0 aliphatic carbocycles. The fraction of sp³-hybridized carbons (Fsp3) is 0.333. The highest BCUT2D eigenvalue weighted by atomic mass is 16.5. The summed E-state index contributed by atoms with van der Waals surface area (Å²) in [6.07, 6.45) is -0.155. The van der Waals surface area contributed by atoms with Gasteiger partial charge in [0.15, 0.2) is 0 Å². The van der Waals surface area contributed by atoms with Gasteiger partial charge in [-0.1, -0.05) is 60.7 Å². The molecule has 2 aromatic carbocycles. The molecule has 0 saturated carbocycles. The summed E-state index contributed by atoms with van der Waals surface area (Å²) in [5.74, 6) is -0.648. The van der Waals surface area contributed by atoms with Gasteiger partial charge in [-0.3, -0.25) is 9.59 Å². The summed E-state index contributed by atoms with van der Waals surface area (Å²) >= 11 is 0. The number of hydrogen-bond acceptors (Lipinski definition) is 5. The SMILES string of the molecule is CC(=O)CC(=O)OCCNCCNC(c1ccccc1)c1ccccc1. The van der Waals surface area contributed by atoms with Crippen LogP contribution in [0.15, 0.2) is 60.7 Å². The first-order valence-corrected chi connectivity index (χ1v) is 8.86. The highest BCUT2D eigenvalue weighted by Gasteiger charge is 2.12. The van der Waals surface area contributed by atoms with Gasteiger partial charge in [0.1, 0.15) is 18.8 Å². The van der Waals surface area contributed by atoms with Crippen LogP contribution in [-0.2, 0) is 14.3 Å². The van der Waals surface area contributed by atoms with Crippen LogP contribution in [0.2, 0.25) is 0 Å². The minimum Gasteiger partial charge on any atom is -0.464 e. The van der Waals surface area contributed by atoms with Crippen molar-refractivity contribution in [2.24, 2.45) is 0 Å². The number of carbonyl (C=O) groups excluding carboxylic acids is 2. The highest BCUT2D eigenvalue weighted by molar-refractivity contribution is 5.94. The molecule has 26 heavy (non-hydrogen) atoms. The first-order valence-electron chi connectivity index (χ1n) is 8.86. The average molecular weight is 354 g/mol. The molecular weight excluding hydrogens is 328 g/mol. The van der Waals surface area contributed by atoms with Crippen molar-refractivity contribution in [1.82, 2.24) is 10.6 Å². The van der Waals surface area contributed by atoms with E-state index in [0.29, 0.717) is 6.54 Å². The van der Waals surface area contributed by atoms with Crippen LogP contribution in [0.5, 0.6) is 0 Å². The van der Waals surface area contributed by atoms with Gasteiger partial charge in [0.05, 0.1) is 6.04 Å². The van der Waals surface area contributed by atoms with Crippen molar-refractivity contribution in [3.05, 3.63) is 71.8 Å². The minimum absolute atomic E-state index is 0.132. The van der Waals surface area contributed by atoms with Crippen LogP contribution in [-0.4, -0.2) is 38.0 Å². The average Bonchev–Trinajstić information content (AvgIpc) is 2.65. The molecule has 0 radical (unpaired) electrons. The van der Waals surface area contributed by atoms with E-state index in [1.54, 1.807) is 0 Å². The zero-order chi connectivity index (χ0) is 18.6. The van der Waals surface area contributed by atoms with E-state index in [-0.39, 0.29) is 24.9 Å². The van der Waals surface area contributed by atoms with Gasteiger partial charge in [-0.15, -0.1) is 0 Å². The maximum absolute atomic E-state index is 11.3. The Bertz CT molecular complexity index is 635. The predicted molar refractivity (Wildman–Crippen MR) is 102 cm³/mol. The zero-order valence-corrected chi connectivity index (χ0v) is 15.1. The number of esters is 1. The number of Topliss-reactive ketones (excluding diaryl/α,β-unsaturated/α-hetero) is 1. The van der Waals surface area contributed by atoms with Crippen LogP contribution in [0.3, 0.4) is 0 Å². The summed E-state index contributed by atoms with van der Waals surface area (Å²) < 4.78 is 4.98. The molecule has 5 nitrogen and oxygen atoms in total. The molecular formula is C21H26N2O3. The third-order valence-electron chi connectivity index (χ3n) is 3.85. The second-order valence-electron chi connectivity index (χ2n) is 6.06. The molecule has 0 aromatic heterocycles. The van der Waals surface area contributed by atoms with Crippen LogP contribution in [0, 0.1) is 0 Å². The lowest BCUT2D eigenvalue weighted by Crippen LogP contribution is -2.32. The van der Waals surface area contributed by atoms with Crippen molar-refractivity contribution < 1.29 is 14.3 Å². The molecule has 0 heterocycles. The Labute approximate surface area is 154 Å². The van der Waals surface area contributed by atoms with Crippen molar-refractivity contribution in [3.63, 3.8) is 0 Å². The summed E-state index contributed by atoms with van der Waals surface area (Å²) in [5, 5.41) is 6.79. The Morgan fingerprint density at radius 2 is 1.46 bits per heavy atom. The third-order valence-corrected chi connectivity index (χ3v) is 3.85. The lowest BCUT2D eigenvalue weighted by molar-refractivity contribution is -0.145. The van der Waals surface area contributed by atoms with Gasteiger partial charge in [0.25, 0.3) is 0 Å². The van der Waals surface area contributed by atoms with E-state index in [4.69, 9.17) is 4.74 Å². The molecule has 0 spiro atoms. The summed E-state index contributed by atoms with van der Waals surface area (Å²) in [5.41, 5.74) is 2.44. The van der Waals surface area contributed by atoms with E-state index < -0.39 is 5.97 Å². The van der Waals surface area contributed by atoms with Crippen molar-refractivity contribution in [2.75, 3.05) is 26.2 Å². The van der Waals surface area contributed by atoms with Gasteiger partial charge in [-0.2, -0.15) is 0 Å². The Balaban J connectivity index is 1.73. The van der Waals surface area contributed by atoms with Crippen LogP contribution in [0.4, 0.5) is 0 Å². The van der Waals surface area contributed by atoms with Gasteiger partial charge >= 0.3 is 5.97 Å². The molecule has 0 amide bonds. The fourth-order valence-electron chi connectivity index (χ4n) is 2.64. The molecule has 0 aliphatic heterocycles. The number of rotatable bonds is 11. The van der Waals surface area contributed by atoms with E-state index in [2.05, 4.69) is 34.9 Å². The molecule has 0 fully saturated rings. The van der Waals surface area contributed by atoms with Crippen LogP contribution in [0.25, 0.3) is 0 Å². The number of carbonyl (C=O) groups is 2. The van der Waals surface area contributed by atoms with Crippen molar-refractivity contribution in [1.29, 1.82) is 0 Å². The standard InChI is InChI=1S/C21H26N2O3/c1-17(24)16-20(25)26-15-14-22-12-13-23-21(18-8-4-2-5-9-18)19-10-6-3-7-11-19/h2-11,21-23H,12-16H2,1H3. The lowest BCUT2D eigenvalue weighted by atomic mass is 9.99. The summed E-state index contributed by atoms with van der Waals surface area (Å²) in [4.78, 5) is 22.1. The van der Waals surface area contributed by atoms with Crippen molar-refractivity contribution >= 4 is 11.8 Å². The van der Waals surface area contributed by atoms with E-state index in [9.17, 15) is 9.59 Å². The molecule has 2 aromatic rings. The smallest absolute Gasteiger partial charge is 0.313 e. The van der Waals surface area contributed by atoms with Crippen LogP contribution in [0.1, 0.15) is 30.5 Å². The van der Waals surface area contributed by atoms with E-state index in [0.717, 1.165) is 13.1 Å². The molecule has 2 N–H and O–H groups in total. The van der Waals surface area contributed by atoms with Gasteiger partial charge in [-0.25, -0.2) is 0 Å². The Morgan fingerprint density at radius 1 is 0.885 bits per heavy atom. The molecule has 0 aliphatic rings. The summed E-state index contributed by atoms with van der Waals surface area (Å²) in [7, 11) is 0. The number of nitrogens with one attached hydrogen (secondary N) is 2. The number of ether oxygens (including phenoxy) is 1. The van der Waals surface area contributed by atoms with Gasteiger partial charge in [0, 0.05) is 19.6 Å². The molecule has 2 rings (SSSR count). The monoisotopic (exact) mass is 354 g/mol.